The van der Waals surface area contributed by atoms with Crippen LogP contribution in [0.4, 0.5) is 0 Å². The van der Waals surface area contributed by atoms with Crippen LogP contribution in [0.3, 0.4) is 0 Å². The minimum atomic E-state index is 0.128. The molecule has 1 saturated carbocycles. The molecular weight excluding hydrogens is 326 g/mol. The summed E-state index contributed by atoms with van der Waals surface area (Å²) in [6.07, 6.45) is 7.82. The van der Waals surface area contributed by atoms with E-state index in [0.29, 0.717) is 17.0 Å². The molecule has 3 fully saturated rings. The zero-order chi connectivity index (χ0) is 18.1. The Balaban J connectivity index is 1.29. The topological polar surface area (TPSA) is 45.7 Å². The monoisotopic (exact) mass is 357 g/mol. The molecule has 0 N–H and O–H groups in total. The Morgan fingerprint density at radius 3 is 2.69 bits per heavy atom. The van der Waals surface area contributed by atoms with Gasteiger partial charge in [0.1, 0.15) is 0 Å². The number of aryl methyl sites for hydroxylation is 1. The summed E-state index contributed by atoms with van der Waals surface area (Å²) in [7, 11) is 2.23. The molecule has 0 bridgehead atoms. The van der Waals surface area contributed by atoms with Crippen molar-refractivity contribution < 1.29 is 9.53 Å². The summed E-state index contributed by atoms with van der Waals surface area (Å²) in [6, 6.07) is 4.35. The van der Waals surface area contributed by atoms with Crippen LogP contribution in [0.2, 0.25) is 0 Å². The molecular formula is C21H31N3O2. The molecule has 1 atom stereocenters. The second-order valence-electron chi connectivity index (χ2n) is 8.73. The zero-order valence-electron chi connectivity index (χ0n) is 16.1. The van der Waals surface area contributed by atoms with Gasteiger partial charge in [-0.25, -0.2) is 0 Å². The highest BCUT2D eigenvalue weighted by atomic mass is 16.5. The van der Waals surface area contributed by atoms with Gasteiger partial charge in [-0.1, -0.05) is 0 Å². The smallest absolute Gasteiger partial charge is 0.255 e. The van der Waals surface area contributed by atoms with E-state index in [0.717, 1.165) is 57.3 Å². The Morgan fingerprint density at radius 2 is 2.04 bits per heavy atom. The molecule has 1 amide bonds. The Bertz CT molecular complexity index is 633. The van der Waals surface area contributed by atoms with Crippen molar-refractivity contribution in [2.75, 3.05) is 39.9 Å². The molecule has 1 aromatic heterocycles. The molecule has 26 heavy (non-hydrogen) atoms. The standard InChI is InChI=1S/C21H31N3O2/c1-16-3-6-18(12-22-16)20(25)24-9-7-21(8-10-24)11-19(23(2)15-21)14-26-13-17-4-5-17/h3,6,12,17,19H,4-5,7-11,13-15H2,1-2H3/t19-/m0/s1. The number of carbonyl (C=O) groups is 1. The van der Waals surface area contributed by atoms with E-state index in [9.17, 15) is 4.79 Å². The van der Waals surface area contributed by atoms with E-state index in [2.05, 4.69) is 16.9 Å². The number of amides is 1. The van der Waals surface area contributed by atoms with Crippen molar-refractivity contribution in [3.05, 3.63) is 29.6 Å². The van der Waals surface area contributed by atoms with Crippen molar-refractivity contribution in [1.29, 1.82) is 0 Å². The number of rotatable bonds is 5. The number of nitrogens with zero attached hydrogens (tertiary/aromatic N) is 3. The van der Waals surface area contributed by atoms with Gasteiger partial charge < -0.3 is 14.5 Å². The first-order valence-corrected chi connectivity index (χ1v) is 10.0. The molecule has 3 aliphatic rings. The molecule has 2 aliphatic heterocycles. The lowest BCUT2D eigenvalue weighted by atomic mass is 9.76. The van der Waals surface area contributed by atoms with Crippen LogP contribution >= 0.6 is 0 Å². The van der Waals surface area contributed by atoms with E-state index in [1.807, 2.05) is 24.0 Å². The van der Waals surface area contributed by atoms with Crippen LogP contribution < -0.4 is 0 Å². The minimum Gasteiger partial charge on any atom is -0.380 e. The first-order valence-electron chi connectivity index (χ1n) is 10.0. The second kappa shape index (κ2) is 7.28. The van der Waals surface area contributed by atoms with Crippen LogP contribution in [0.5, 0.6) is 0 Å². The predicted molar refractivity (Wildman–Crippen MR) is 101 cm³/mol. The number of hydrogen-bond acceptors (Lipinski definition) is 4. The molecule has 5 nitrogen and oxygen atoms in total. The molecule has 142 valence electrons. The predicted octanol–water partition coefficient (Wildman–Crippen LogP) is 2.74. The third kappa shape index (κ3) is 3.94. The number of ether oxygens (including phenoxy) is 1. The van der Waals surface area contributed by atoms with Gasteiger partial charge in [-0.15, -0.1) is 0 Å². The van der Waals surface area contributed by atoms with Gasteiger partial charge in [0, 0.05) is 44.2 Å². The van der Waals surface area contributed by atoms with Crippen molar-refractivity contribution >= 4 is 5.91 Å². The minimum absolute atomic E-state index is 0.128. The largest absolute Gasteiger partial charge is 0.380 e. The van der Waals surface area contributed by atoms with Gasteiger partial charge in [-0.2, -0.15) is 0 Å². The van der Waals surface area contributed by atoms with Gasteiger partial charge in [0.25, 0.3) is 5.91 Å². The van der Waals surface area contributed by atoms with E-state index in [1.165, 1.54) is 19.3 Å². The number of likely N-dealkylation sites (N-methyl/N-ethyl adjacent to an activating group) is 1. The lowest BCUT2D eigenvalue weighted by Gasteiger charge is -2.39. The van der Waals surface area contributed by atoms with Gasteiger partial charge in [-0.05, 0) is 69.5 Å². The van der Waals surface area contributed by atoms with Crippen LogP contribution in [0, 0.1) is 18.3 Å². The highest BCUT2D eigenvalue weighted by Crippen LogP contribution is 2.43. The number of pyridine rings is 1. The lowest BCUT2D eigenvalue weighted by molar-refractivity contribution is 0.0587. The van der Waals surface area contributed by atoms with Crippen LogP contribution in [0.25, 0.3) is 0 Å². The Morgan fingerprint density at radius 1 is 1.27 bits per heavy atom. The maximum Gasteiger partial charge on any atom is 0.255 e. The summed E-state index contributed by atoms with van der Waals surface area (Å²) in [6.45, 7) is 6.61. The Hall–Kier alpha value is -1.46. The molecule has 3 heterocycles. The molecule has 0 aromatic carbocycles. The van der Waals surface area contributed by atoms with E-state index in [4.69, 9.17) is 4.74 Å². The summed E-state index contributed by atoms with van der Waals surface area (Å²) in [5, 5.41) is 0. The maximum absolute atomic E-state index is 12.7. The fraction of sp³-hybridized carbons (Fsp3) is 0.714. The number of carbonyl (C=O) groups excluding carboxylic acids is 1. The molecule has 1 aromatic rings. The first kappa shape index (κ1) is 17.9. The molecule has 5 heteroatoms. The van der Waals surface area contributed by atoms with Crippen molar-refractivity contribution in [3.8, 4) is 0 Å². The first-order chi connectivity index (χ1) is 12.5. The van der Waals surface area contributed by atoms with Crippen molar-refractivity contribution in [3.63, 3.8) is 0 Å². The quantitative estimate of drug-likeness (QED) is 0.813. The lowest BCUT2D eigenvalue weighted by Crippen LogP contribution is -2.44. The van der Waals surface area contributed by atoms with Gasteiger partial charge in [0.15, 0.2) is 0 Å². The Labute approximate surface area is 156 Å². The van der Waals surface area contributed by atoms with Gasteiger partial charge in [0.05, 0.1) is 12.2 Å². The summed E-state index contributed by atoms with van der Waals surface area (Å²) >= 11 is 0. The third-order valence-corrected chi connectivity index (χ3v) is 6.51. The van der Waals surface area contributed by atoms with Crippen LogP contribution in [-0.2, 0) is 4.74 Å². The van der Waals surface area contributed by atoms with E-state index in [-0.39, 0.29) is 5.91 Å². The average Bonchev–Trinajstić information content (AvgIpc) is 3.41. The normalized spacial score (nSPS) is 25.8. The average molecular weight is 357 g/mol. The maximum atomic E-state index is 12.7. The fourth-order valence-corrected chi connectivity index (χ4v) is 4.54. The molecule has 1 aliphatic carbocycles. The van der Waals surface area contributed by atoms with Gasteiger partial charge in [-0.3, -0.25) is 9.78 Å². The van der Waals surface area contributed by atoms with Crippen LogP contribution in [0.15, 0.2) is 18.3 Å². The number of piperidine rings is 1. The highest BCUT2D eigenvalue weighted by molar-refractivity contribution is 5.94. The SMILES string of the molecule is Cc1ccc(C(=O)N2CCC3(CC2)C[C@@H](COCC2CC2)N(C)C3)cn1. The number of aromatic nitrogens is 1. The van der Waals surface area contributed by atoms with Crippen molar-refractivity contribution in [2.24, 2.45) is 11.3 Å². The molecule has 4 rings (SSSR count). The van der Waals surface area contributed by atoms with Crippen LogP contribution in [0.1, 0.15) is 48.2 Å². The fourth-order valence-electron chi connectivity index (χ4n) is 4.54. The van der Waals surface area contributed by atoms with E-state index in [1.54, 1.807) is 6.20 Å². The second-order valence-corrected chi connectivity index (χ2v) is 8.73. The Kier molecular flexibility index (Phi) is 5.02. The summed E-state index contributed by atoms with van der Waals surface area (Å²) in [5.74, 6) is 0.962. The summed E-state index contributed by atoms with van der Waals surface area (Å²) in [4.78, 5) is 21.5. The van der Waals surface area contributed by atoms with Gasteiger partial charge >= 0.3 is 0 Å². The van der Waals surface area contributed by atoms with Crippen molar-refractivity contribution in [2.45, 2.75) is 45.1 Å². The summed E-state index contributed by atoms with van der Waals surface area (Å²) in [5.41, 5.74) is 2.02. The number of likely N-dealkylation sites (tertiary alicyclic amines) is 2. The zero-order valence-corrected chi connectivity index (χ0v) is 16.1. The highest BCUT2D eigenvalue weighted by Gasteiger charge is 2.44. The molecule has 0 radical (unpaired) electrons. The van der Waals surface area contributed by atoms with E-state index < -0.39 is 0 Å². The van der Waals surface area contributed by atoms with Crippen molar-refractivity contribution in [1.82, 2.24) is 14.8 Å². The molecule has 0 unspecified atom stereocenters. The van der Waals surface area contributed by atoms with E-state index >= 15 is 0 Å². The third-order valence-electron chi connectivity index (χ3n) is 6.51. The number of hydrogen-bond donors (Lipinski definition) is 0. The summed E-state index contributed by atoms with van der Waals surface area (Å²) < 4.78 is 5.96. The van der Waals surface area contributed by atoms with Gasteiger partial charge in [0.2, 0.25) is 0 Å². The molecule has 2 saturated heterocycles. The van der Waals surface area contributed by atoms with Crippen LogP contribution in [-0.4, -0.2) is 66.6 Å². The molecule has 1 spiro atoms.